The van der Waals surface area contributed by atoms with Crippen molar-refractivity contribution in [3.05, 3.63) is 48.8 Å². The first-order valence-electron chi connectivity index (χ1n) is 6.15. The zero-order valence-corrected chi connectivity index (χ0v) is 10.7. The summed E-state index contributed by atoms with van der Waals surface area (Å²) in [5, 5.41) is 13.6. The number of carboxylic acids is 1. The van der Waals surface area contributed by atoms with Crippen LogP contribution in [0.4, 0.5) is 10.5 Å². The van der Waals surface area contributed by atoms with Crippen molar-refractivity contribution in [2.24, 2.45) is 0 Å². The second-order valence-electron chi connectivity index (χ2n) is 4.16. The van der Waals surface area contributed by atoms with Gasteiger partial charge in [-0.05, 0) is 36.4 Å². The van der Waals surface area contributed by atoms with Crippen molar-refractivity contribution in [3.8, 4) is 5.69 Å². The maximum absolute atomic E-state index is 11.5. The summed E-state index contributed by atoms with van der Waals surface area (Å²) in [4.78, 5) is 21.8. The van der Waals surface area contributed by atoms with Crippen LogP contribution in [-0.4, -0.2) is 28.2 Å². The van der Waals surface area contributed by atoms with Crippen LogP contribution in [0.5, 0.6) is 0 Å². The number of anilines is 1. The van der Waals surface area contributed by atoms with Crippen molar-refractivity contribution in [1.29, 1.82) is 0 Å². The van der Waals surface area contributed by atoms with Crippen LogP contribution in [0.3, 0.4) is 0 Å². The van der Waals surface area contributed by atoms with Gasteiger partial charge in [0.15, 0.2) is 0 Å². The lowest BCUT2D eigenvalue weighted by Crippen LogP contribution is -2.30. The Kier molecular flexibility index (Phi) is 4.39. The van der Waals surface area contributed by atoms with Crippen molar-refractivity contribution < 1.29 is 14.7 Å². The molecular formula is C14H15N3O3. The molecule has 0 aliphatic rings. The average Bonchev–Trinajstić information content (AvgIpc) is 2.93. The molecule has 1 aromatic carbocycles. The quantitative estimate of drug-likeness (QED) is 0.779. The van der Waals surface area contributed by atoms with Gasteiger partial charge in [0, 0.05) is 30.3 Å². The zero-order chi connectivity index (χ0) is 14.4. The molecule has 2 amide bonds. The summed E-state index contributed by atoms with van der Waals surface area (Å²) < 4.78 is 1.96. The first kappa shape index (κ1) is 13.7. The number of nitrogens with one attached hydrogen (secondary N) is 2. The summed E-state index contributed by atoms with van der Waals surface area (Å²) >= 11 is 0. The first-order valence-corrected chi connectivity index (χ1v) is 6.15. The monoisotopic (exact) mass is 273 g/mol. The van der Waals surface area contributed by atoms with Gasteiger partial charge in [0.1, 0.15) is 0 Å². The Labute approximate surface area is 116 Å². The van der Waals surface area contributed by atoms with Crippen LogP contribution in [0.15, 0.2) is 48.8 Å². The lowest BCUT2D eigenvalue weighted by atomic mass is 10.3. The highest BCUT2D eigenvalue weighted by Crippen LogP contribution is 2.13. The third-order valence-corrected chi connectivity index (χ3v) is 2.65. The Morgan fingerprint density at radius 1 is 1.10 bits per heavy atom. The Hall–Kier alpha value is -2.76. The van der Waals surface area contributed by atoms with Gasteiger partial charge in [-0.3, -0.25) is 4.79 Å². The standard InChI is InChI=1S/C14H15N3O3/c18-13(19)7-8-15-14(20)16-11-3-5-12(6-4-11)17-9-1-2-10-17/h1-6,9-10H,7-8H2,(H,18,19)(H2,15,16,20). The molecule has 0 atom stereocenters. The number of carbonyl (C=O) groups is 2. The fourth-order valence-corrected chi connectivity index (χ4v) is 1.68. The molecule has 0 saturated carbocycles. The maximum Gasteiger partial charge on any atom is 0.319 e. The van der Waals surface area contributed by atoms with Gasteiger partial charge in [-0.25, -0.2) is 4.79 Å². The number of carbonyl (C=O) groups excluding carboxylic acids is 1. The van der Waals surface area contributed by atoms with E-state index in [1.165, 1.54) is 0 Å². The number of benzene rings is 1. The molecule has 3 N–H and O–H groups in total. The second-order valence-corrected chi connectivity index (χ2v) is 4.16. The highest BCUT2D eigenvalue weighted by atomic mass is 16.4. The number of carboxylic acid groups (broad SMARTS) is 1. The summed E-state index contributed by atoms with van der Waals surface area (Å²) in [7, 11) is 0. The van der Waals surface area contributed by atoms with Gasteiger partial charge in [0.2, 0.25) is 0 Å². The van der Waals surface area contributed by atoms with E-state index in [0.717, 1.165) is 5.69 Å². The minimum atomic E-state index is -0.943. The third-order valence-electron chi connectivity index (χ3n) is 2.65. The predicted molar refractivity (Wildman–Crippen MR) is 75.0 cm³/mol. The van der Waals surface area contributed by atoms with E-state index in [1.54, 1.807) is 12.1 Å². The zero-order valence-electron chi connectivity index (χ0n) is 10.7. The molecule has 2 aromatic rings. The fourth-order valence-electron chi connectivity index (χ4n) is 1.68. The molecule has 0 fully saturated rings. The van der Waals surface area contributed by atoms with E-state index < -0.39 is 12.0 Å². The highest BCUT2D eigenvalue weighted by molar-refractivity contribution is 5.89. The minimum Gasteiger partial charge on any atom is -0.481 e. The van der Waals surface area contributed by atoms with E-state index in [1.807, 2.05) is 41.2 Å². The predicted octanol–water partition coefficient (Wildman–Crippen LogP) is 2.07. The molecule has 0 radical (unpaired) electrons. The van der Waals surface area contributed by atoms with Gasteiger partial charge in [0.25, 0.3) is 0 Å². The van der Waals surface area contributed by atoms with E-state index in [2.05, 4.69) is 10.6 Å². The van der Waals surface area contributed by atoms with Crippen molar-refractivity contribution in [2.45, 2.75) is 6.42 Å². The molecular weight excluding hydrogens is 258 g/mol. The lowest BCUT2D eigenvalue weighted by molar-refractivity contribution is -0.136. The number of amides is 2. The Morgan fingerprint density at radius 3 is 2.35 bits per heavy atom. The van der Waals surface area contributed by atoms with E-state index in [9.17, 15) is 9.59 Å². The van der Waals surface area contributed by atoms with Gasteiger partial charge < -0.3 is 20.3 Å². The number of hydrogen-bond acceptors (Lipinski definition) is 2. The van der Waals surface area contributed by atoms with Crippen molar-refractivity contribution in [1.82, 2.24) is 9.88 Å². The number of urea groups is 1. The maximum atomic E-state index is 11.5. The summed E-state index contributed by atoms with van der Waals surface area (Å²) in [6, 6.07) is 10.8. The van der Waals surface area contributed by atoms with Gasteiger partial charge in [-0.2, -0.15) is 0 Å². The average molecular weight is 273 g/mol. The summed E-state index contributed by atoms with van der Waals surface area (Å²) in [6.45, 7) is 0.0998. The number of rotatable bonds is 5. The van der Waals surface area contributed by atoms with Crippen molar-refractivity contribution >= 4 is 17.7 Å². The van der Waals surface area contributed by atoms with E-state index in [0.29, 0.717) is 5.69 Å². The van der Waals surface area contributed by atoms with Crippen LogP contribution in [0.1, 0.15) is 6.42 Å². The van der Waals surface area contributed by atoms with Gasteiger partial charge in [-0.1, -0.05) is 0 Å². The third kappa shape index (κ3) is 3.88. The second kappa shape index (κ2) is 6.42. The molecule has 1 aromatic heterocycles. The molecule has 2 rings (SSSR count). The molecule has 0 spiro atoms. The molecule has 0 bridgehead atoms. The van der Waals surface area contributed by atoms with Crippen LogP contribution in [0.25, 0.3) is 5.69 Å². The minimum absolute atomic E-state index is 0.0972. The van der Waals surface area contributed by atoms with Gasteiger partial charge in [-0.15, -0.1) is 0 Å². The van der Waals surface area contributed by atoms with Crippen molar-refractivity contribution in [3.63, 3.8) is 0 Å². The topological polar surface area (TPSA) is 83.4 Å². The summed E-state index contributed by atoms with van der Waals surface area (Å²) in [5.74, 6) is -0.943. The number of hydrogen-bond donors (Lipinski definition) is 3. The van der Waals surface area contributed by atoms with Crippen LogP contribution < -0.4 is 10.6 Å². The molecule has 0 unspecified atom stereocenters. The number of aliphatic carboxylic acids is 1. The van der Waals surface area contributed by atoms with E-state index >= 15 is 0 Å². The molecule has 104 valence electrons. The lowest BCUT2D eigenvalue weighted by Gasteiger charge is -2.08. The van der Waals surface area contributed by atoms with E-state index in [4.69, 9.17) is 5.11 Å². The van der Waals surface area contributed by atoms with Gasteiger partial charge in [0.05, 0.1) is 6.42 Å². The normalized spacial score (nSPS) is 10.0. The van der Waals surface area contributed by atoms with Crippen molar-refractivity contribution in [2.75, 3.05) is 11.9 Å². The summed E-state index contributed by atoms with van der Waals surface area (Å²) in [5.41, 5.74) is 1.64. The SMILES string of the molecule is O=C(O)CCNC(=O)Nc1ccc(-n2cccc2)cc1. The first-order chi connectivity index (χ1) is 9.65. The molecule has 20 heavy (non-hydrogen) atoms. The Balaban J connectivity index is 1.87. The van der Waals surface area contributed by atoms with Crippen LogP contribution in [-0.2, 0) is 4.79 Å². The largest absolute Gasteiger partial charge is 0.481 e. The van der Waals surface area contributed by atoms with Crippen LogP contribution >= 0.6 is 0 Å². The van der Waals surface area contributed by atoms with Gasteiger partial charge >= 0.3 is 12.0 Å². The molecule has 6 nitrogen and oxygen atoms in total. The van der Waals surface area contributed by atoms with Crippen LogP contribution in [0, 0.1) is 0 Å². The molecule has 1 heterocycles. The molecule has 0 aliphatic carbocycles. The Morgan fingerprint density at radius 2 is 1.75 bits per heavy atom. The molecule has 0 aliphatic heterocycles. The summed E-state index contributed by atoms with van der Waals surface area (Å²) in [6.07, 6.45) is 3.77. The number of nitrogens with zero attached hydrogens (tertiary/aromatic N) is 1. The molecule has 6 heteroatoms. The smallest absolute Gasteiger partial charge is 0.319 e. The van der Waals surface area contributed by atoms with E-state index in [-0.39, 0.29) is 13.0 Å². The van der Waals surface area contributed by atoms with Crippen LogP contribution in [0.2, 0.25) is 0 Å². The number of aromatic nitrogens is 1. The Bertz CT molecular complexity index is 576. The highest BCUT2D eigenvalue weighted by Gasteiger charge is 2.03. The molecule has 0 saturated heterocycles. The fraction of sp³-hybridized carbons (Fsp3) is 0.143.